The van der Waals surface area contributed by atoms with E-state index >= 15 is 0 Å². The van der Waals surface area contributed by atoms with Crippen molar-refractivity contribution in [3.05, 3.63) is 46.6 Å². The highest BCUT2D eigenvalue weighted by Crippen LogP contribution is 2.42. The van der Waals surface area contributed by atoms with Gasteiger partial charge in [0.15, 0.2) is 0 Å². The average molecular weight is 487 g/mol. The lowest BCUT2D eigenvalue weighted by Gasteiger charge is -2.31. The monoisotopic (exact) mass is 486 g/mol. The number of hydrogen-bond donors (Lipinski definition) is 1. The van der Waals surface area contributed by atoms with E-state index < -0.39 is 0 Å². The van der Waals surface area contributed by atoms with E-state index in [-0.39, 0.29) is 11.8 Å². The summed E-state index contributed by atoms with van der Waals surface area (Å²) in [4.78, 5) is 30.4. The number of benzene rings is 1. The van der Waals surface area contributed by atoms with E-state index in [1.807, 2.05) is 38.4 Å². The SMILES string of the molecule is CC(C)c1c(-c2ccc(C#N)c3ncccc23)[nH]c2sc(C3CCN(CC(=O)N(C)C)CC3)nc12. The molecule has 0 atom stereocenters. The van der Waals surface area contributed by atoms with Gasteiger partial charge in [0.2, 0.25) is 5.91 Å². The largest absolute Gasteiger partial charge is 0.348 e. The summed E-state index contributed by atoms with van der Waals surface area (Å²) in [7, 11) is 3.62. The summed E-state index contributed by atoms with van der Waals surface area (Å²) in [5, 5.41) is 11.7. The summed E-state index contributed by atoms with van der Waals surface area (Å²) in [6.07, 6.45) is 3.78. The van der Waals surface area contributed by atoms with Gasteiger partial charge in [0.25, 0.3) is 0 Å². The summed E-state index contributed by atoms with van der Waals surface area (Å²) < 4.78 is 0. The van der Waals surface area contributed by atoms with Crippen molar-refractivity contribution in [3.8, 4) is 17.3 Å². The Hall–Kier alpha value is -3.28. The second-order valence-corrected chi connectivity index (χ2v) is 10.8. The zero-order valence-electron chi connectivity index (χ0n) is 20.6. The fourth-order valence-electron chi connectivity index (χ4n) is 5.00. The van der Waals surface area contributed by atoms with Crippen molar-refractivity contribution in [2.45, 2.75) is 38.5 Å². The smallest absolute Gasteiger partial charge is 0.236 e. The zero-order chi connectivity index (χ0) is 24.7. The predicted octanol–water partition coefficient (Wildman–Crippen LogP) is 5.10. The average Bonchev–Trinajstić information content (AvgIpc) is 3.41. The molecule has 8 heteroatoms. The molecule has 1 fully saturated rings. The van der Waals surface area contributed by atoms with Crippen LogP contribution < -0.4 is 0 Å². The van der Waals surface area contributed by atoms with Gasteiger partial charge in [0.05, 0.1) is 28.3 Å². The van der Waals surface area contributed by atoms with Gasteiger partial charge in [-0.15, -0.1) is 11.3 Å². The number of aromatic nitrogens is 3. The maximum atomic E-state index is 12.1. The molecule has 1 aromatic carbocycles. The van der Waals surface area contributed by atoms with Crippen LogP contribution in [0.3, 0.4) is 0 Å². The molecule has 1 aliphatic heterocycles. The van der Waals surface area contributed by atoms with Crippen LogP contribution in [0, 0.1) is 11.3 Å². The molecule has 180 valence electrons. The Labute approximate surface area is 209 Å². The van der Waals surface area contributed by atoms with Gasteiger partial charge in [-0.25, -0.2) is 4.98 Å². The molecule has 0 radical (unpaired) electrons. The quantitative estimate of drug-likeness (QED) is 0.424. The van der Waals surface area contributed by atoms with E-state index in [1.165, 1.54) is 10.6 Å². The Morgan fingerprint density at radius 3 is 2.71 bits per heavy atom. The van der Waals surface area contributed by atoms with E-state index in [2.05, 4.69) is 34.8 Å². The normalized spacial score (nSPS) is 15.2. The van der Waals surface area contributed by atoms with Gasteiger partial charge in [-0.05, 0) is 44.0 Å². The molecule has 5 rings (SSSR count). The van der Waals surface area contributed by atoms with Crippen LogP contribution >= 0.6 is 11.3 Å². The van der Waals surface area contributed by atoms with E-state index in [1.54, 1.807) is 22.4 Å². The molecule has 0 spiro atoms. The van der Waals surface area contributed by atoms with Crippen molar-refractivity contribution in [3.63, 3.8) is 0 Å². The van der Waals surface area contributed by atoms with Gasteiger partial charge in [-0.3, -0.25) is 14.7 Å². The van der Waals surface area contributed by atoms with Crippen molar-refractivity contribution in [1.29, 1.82) is 5.26 Å². The standard InChI is InChI=1S/C27H30N6OS/c1-16(2)22-24(20-8-7-18(14-28)23-19(20)6-5-11-29-23)30-27-25(22)31-26(35-27)17-9-12-33(13-10-17)15-21(34)32(3)4/h5-8,11,16-17,30H,9-10,12-13,15H2,1-4H3. The number of carbonyl (C=O) groups is 1. The molecule has 0 bridgehead atoms. The summed E-state index contributed by atoms with van der Waals surface area (Å²) in [5.41, 5.74) is 5.71. The highest BCUT2D eigenvalue weighted by atomic mass is 32.1. The minimum absolute atomic E-state index is 0.158. The lowest BCUT2D eigenvalue weighted by molar-refractivity contribution is -0.130. The van der Waals surface area contributed by atoms with E-state index in [0.717, 1.165) is 58.4 Å². The minimum atomic E-state index is 0.158. The van der Waals surface area contributed by atoms with Crippen LogP contribution in [-0.4, -0.2) is 64.4 Å². The number of aromatic amines is 1. The van der Waals surface area contributed by atoms with Crippen LogP contribution in [-0.2, 0) is 4.79 Å². The van der Waals surface area contributed by atoms with Gasteiger partial charge in [0.1, 0.15) is 16.4 Å². The maximum absolute atomic E-state index is 12.1. The molecule has 3 aromatic heterocycles. The highest BCUT2D eigenvalue weighted by Gasteiger charge is 2.27. The first-order valence-electron chi connectivity index (χ1n) is 12.1. The molecule has 4 aromatic rings. The Morgan fingerprint density at radius 2 is 2.03 bits per heavy atom. The van der Waals surface area contributed by atoms with E-state index in [4.69, 9.17) is 4.98 Å². The van der Waals surface area contributed by atoms with E-state index in [9.17, 15) is 10.1 Å². The van der Waals surface area contributed by atoms with Crippen LogP contribution in [0.4, 0.5) is 0 Å². The number of H-pyrrole nitrogens is 1. The third kappa shape index (κ3) is 4.30. The molecule has 0 unspecified atom stereocenters. The second-order valence-electron chi connectivity index (χ2n) is 9.81. The first-order chi connectivity index (χ1) is 16.9. The lowest BCUT2D eigenvalue weighted by atomic mass is 9.95. The third-order valence-corrected chi connectivity index (χ3v) is 8.07. The van der Waals surface area contributed by atoms with Gasteiger partial charge in [0, 0.05) is 42.7 Å². The van der Waals surface area contributed by atoms with Gasteiger partial charge < -0.3 is 9.88 Å². The molecule has 1 aliphatic rings. The number of rotatable bonds is 5. The molecule has 0 aliphatic carbocycles. The zero-order valence-corrected chi connectivity index (χ0v) is 21.4. The van der Waals surface area contributed by atoms with E-state index in [0.29, 0.717) is 18.0 Å². The van der Waals surface area contributed by atoms with Crippen molar-refractivity contribution in [1.82, 2.24) is 24.8 Å². The summed E-state index contributed by atoms with van der Waals surface area (Å²) >= 11 is 1.76. The number of nitriles is 1. The maximum Gasteiger partial charge on any atom is 0.236 e. The number of likely N-dealkylation sites (N-methyl/N-ethyl adjacent to an activating group) is 1. The topological polar surface area (TPSA) is 88.9 Å². The number of nitrogens with one attached hydrogen (secondary N) is 1. The van der Waals surface area contributed by atoms with Crippen molar-refractivity contribution >= 4 is 38.5 Å². The first-order valence-corrected chi connectivity index (χ1v) is 12.9. The van der Waals surface area contributed by atoms with Crippen molar-refractivity contribution in [2.24, 2.45) is 0 Å². The first kappa shape index (κ1) is 23.5. The number of likely N-dealkylation sites (tertiary alicyclic amines) is 1. The Morgan fingerprint density at radius 1 is 1.26 bits per heavy atom. The molecule has 1 amide bonds. The number of pyridine rings is 1. The van der Waals surface area contributed by atoms with Crippen LogP contribution in [0.1, 0.15) is 54.7 Å². The molecule has 35 heavy (non-hydrogen) atoms. The molecule has 1 N–H and O–H groups in total. The predicted molar refractivity (Wildman–Crippen MR) is 141 cm³/mol. The highest BCUT2D eigenvalue weighted by molar-refractivity contribution is 7.18. The van der Waals surface area contributed by atoms with Gasteiger partial charge >= 0.3 is 0 Å². The number of amides is 1. The summed E-state index contributed by atoms with van der Waals surface area (Å²) in [6.45, 7) is 6.74. The molecular formula is C27H30N6OS. The fourth-order valence-corrected chi connectivity index (χ4v) is 6.16. The molecule has 4 heterocycles. The number of piperidine rings is 1. The van der Waals surface area contributed by atoms with Crippen LogP contribution in [0.5, 0.6) is 0 Å². The number of thiazole rings is 1. The Bertz CT molecular complexity index is 1440. The molecular weight excluding hydrogens is 456 g/mol. The Kier molecular flexibility index (Phi) is 6.30. The van der Waals surface area contributed by atoms with Crippen molar-refractivity contribution < 1.29 is 4.79 Å². The third-order valence-electron chi connectivity index (χ3n) is 6.94. The van der Waals surface area contributed by atoms with Crippen LogP contribution in [0.15, 0.2) is 30.5 Å². The van der Waals surface area contributed by atoms with Gasteiger partial charge in [-0.2, -0.15) is 5.26 Å². The van der Waals surface area contributed by atoms with Gasteiger partial charge in [-0.1, -0.05) is 26.0 Å². The van der Waals surface area contributed by atoms with Crippen LogP contribution in [0.2, 0.25) is 0 Å². The minimum Gasteiger partial charge on any atom is -0.348 e. The number of hydrogen-bond acceptors (Lipinski definition) is 6. The Balaban J connectivity index is 1.47. The molecule has 1 saturated heterocycles. The fraction of sp³-hybridized carbons (Fsp3) is 0.407. The number of carbonyl (C=O) groups excluding carboxylic acids is 1. The lowest BCUT2D eigenvalue weighted by Crippen LogP contribution is -2.40. The second kappa shape index (κ2) is 9.40. The van der Waals surface area contributed by atoms with Crippen LogP contribution in [0.25, 0.3) is 32.5 Å². The molecule has 0 saturated carbocycles. The number of fused-ring (bicyclic) bond motifs is 2. The number of nitrogens with zero attached hydrogens (tertiary/aromatic N) is 5. The molecule has 7 nitrogen and oxygen atoms in total. The summed E-state index contributed by atoms with van der Waals surface area (Å²) in [5.74, 6) is 0.871. The summed E-state index contributed by atoms with van der Waals surface area (Å²) in [6, 6.07) is 10.1. The van der Waals surface area contributed by atoms with Crippen molar-refractivity contribution in [2.75, 3.05) is 33.7 Å².